The molecule has 0 aromatic heterocycles. The summed E-state index contributed by atoms with van der Waals surface area (Å²) >= 11 is 1.65. The molecule has 154 valence electrons. The molecule has 0 fully saturated rings. The SMILES string of the molecule is COCOC(=O)c1ccccc1SCC=C(C)CCC=C(C)CCC=C(C)C. The summed E-state index contributed by atoms with van der Waals surface area (Å²) in [5.41, 5.74) is 4.81. The Morgan fingerprint density at radius 3 is 2.29 bits per heavy atom. The van der Waals surface area contributed by atoms with Crippen LogP contribution in [0.4, 0.5) is 0 Å². The van der Waals surface area contributed by atoms with Crippen LogP contribution in [0.2, 0.25) is 0 Å². The van der Waals surface area contributed by atoms with Crippen molar-refractivity contribution in [3.8, 4) is 0 Å². The topological polar surface area (TPSA) is 35.5 Å². The van der Waals surface area contributed by atoms with Gasteiger partial charge in [0.25, 0.3) is 0 Å². The summed E-state index contributed by atoms with van der Waals surface area (Å²) in [6, 6.07) is 7.53. The first-order valence-electron chi connectivity index (χ1n) is 9.76. The summed E-state index contributed by atoms with van der Waals surface area (Å²) in [4.78, 5) is 13.0. The van der Waals surface area contributed by atoms with Crippen LogP contribution in [0.3, 0.4) is 0 Å². The number of hydrogen-bond donors (Lipinski definition) is 0. The van der Waals surface area contributed by atoms with E-state index >= 15 is 0 Å². The number of hydrogen-bond acceptors (Lipinski definition) is 4. The van der Waals surface area contributed by atoms with E-state index in [1.807, 2.05) is 18.2 Å². The molecule has 0 saturated heterocycles. The van der Waals surface area contributed by atoms with Crippen LogP contribution >= 0.6 is 11.8 Å². The van der Waals surface area contributed by atoms with E-state index < -0.39 is 0 Å². The molecule has 0 aliphatic carbocycles. The first-order chi connectivity index (χ1) is 13.4. The molecule has 3 nitrogen and oxygen atoms in total. The molecular weight excluding hydrogens is 368 g/mol. The highest BCUT2D eigenvalue weighted by Crippen LogP contribution is 2.24. The largest absolute Gasteiger partial charge is 0.435 e. The predicted octanol–water partition coefficient (Wildman–Crippen LogP) is 6.96. The third-order valence-corrected chi connectivity index (χ3v) is 5.21. The van der Waals surface area contributed by atoms with Crippen molar-refractivity contribution < 1.29 is 14.3 Å². The highest BCUT2D eigenvalue weighted by Gasteiger charge is 2.12. The fourth-order valence-corrected chi connectivity index (χ4v) is 3.59. The maximum Gasteiger partial charge on any atom is 0.341 e. The Morgan fingerprint density at radius 2 is 1.61 bits per heavy atom. The van der Waals surface area contributed by atoms with Crippen LogP contribution in [0.15, 0.2) is 64.1 Å². The minimum atomic E-state index is -0.348. The van der Waals surface area contributed by atoms with Gasteiger partial charge in [-0.05, 0) is 65.5 Å². The van der Waals surface area contributed by atoms with Crippen molar-refractivity contribution in [2.75, 3.05) is 19.7 Å². The van der Waals surface area contributed by atoms with Gasteiger partial charge in [-0.25, -0.2) is 4.79 Å². The summed E-state index contributed by atoms with van der Waals surface area (Å²) < 4.78 is 9.87. The molecule has 0 heterocycles. The normalized spacial score (nSPS) is 12.0. The van der Waals surface area contributed by atoms with Gasteiger partial charge in [0.15, 0.2) is 6.79 Å². The van der Waals surface area contributed by atoms with Crippen molar-refractivity contribution in [1.82, 2.24) is 0 Å². The van der Waals surface area contributed by atoms with Gasteiger partial charge in [0.05, 0.1) is 5.56 Å². The van der Waals surface area contributed by atoms with Gasteiger partial charge in [0.2, 0.25) is 0 Å². The zero-order valence-electron chi connectivity index (χ0n) is 17.9. The molecule has 0 unspecified atom stereocenters. The van der Waals surface area contributed by atoms with Gasteiger partial charge in [0.1, 0.15) is 0 Å². The van der Waals surface area contributed by atoms with Gasteiger partial charge in [-0.15, -0.1) is 11.8 Å². The third kappa shape index (κ3) is 10.5. The number of ether oxygens (including phenoxy) is 2. The van der Waals surface area contributed by atoms with E-state index in [4.69, 9.17) is 9.47 Å². The molecule has 0 amide bonds. The maximum atomic E-state index is 12.1. The van der Waals surface area contributed by atoms with Crippen LogP contribution in [-0.2, 0) is 9.47 Å². The average molecular weight is 403 g/mol. The molecule has 0 radical (unpaired) electrons. The van der Waals surface area contributed by atoms with Crippen LogP contribution in [0.5, 0.6) is 0 Å². The van der Waals surface area contributed by atoms with E-state index in [0.29, 0.717) is 5.56 Å². The molecule has 0 N–H and O–H groups in total. The van der Waals surface area contributed by atoms with Gasteiger partial charge in [-0.1, -0.05) is 47.1 Å². The van der Waals surface area contributed by atoms with E-state index in [9.17, 15) is 4.79 Å². The Bertz CT molecular complexity index is 698. The van der Waals surface area contributed by atoms with Gasteiger partial charge >= 0.3 is 5.97 Å². The van der Waals surface area contributed by atoms with Crippen LogP contribution in [0.25, 0.3) is 0 Å². The Morgan fingerprint density at radius 1 is 0.964 bits per heavy atom. The summed E-state index contributed by atoms with van der Waals surface area (Å²) in [5.74, 6) is 0.489. The van der Waals surface area contributed by atoms with Gasteiger partial charge in [0, 0.05) is 17.8 Å². The third-order valence-electron chi connectivity index (χ3n) is 4.21. The summed E-state index contributed by atoms with van der Waals surface area (Å²) in [6.45, 7) is 8.65. The fraction of sp³-hybridized carbons (Fsp3) is 0.458. The molecule has 0 atom stereocenters. The second-order valence-electron chi connectivity index (χ2n) is 7.11. The van der Waals surface area contributed by atoms with Crippen molar-refractivity contribution in [1.29, 1.82) is 0 Å². The number of rotatable bonds is 12. The summed E-state index contributed by atoms with van der Waals surface area (Å²) in [7, 11) is 1.50. The Hall–Kier alpha value is -1.78. The first-order valence-corrected chi connectivity index (χ1v) is 10.7. The lowest BCUT2D eigenvalue weighted by Gasteiger charge is -2.08. The molecule has 1 rings (SSSR count). The monoisotopic (exact) mass is 402 g/mol. The molecule has 28 heavy (non-hydrogen) atoms. The van der Waals surface area contributed by atoms with Crippen LogP contribution in [-0.4, -0.2) is 25.6 Å². The molecule has 0 spiro atoms. The molecule has 4 heteroatoms. The molecule has 1 aromatic carbocycles. The lowest BCUT2D eigenvalue weighted by atomic mass is 10.1. The number of carbonyl (C=O) groups is 1. The molecule has 0 saturated carbocycles. The molecule has 0 aliphatic heterocycles. The molecule has 0 bridgehead atoms. The second-order valence-corrected chi connectivity index (χ2v) is 8.17. The van der Waals surface area contributed by atoms with E-state index in [1.54, 1.807) is 17.8 Å². The van der Waals surface area contributed by atoms with E-state index in [-0.39, 0.29) is 12.8 Å². The Labute approximate surface area is 174 Å². The number of esters is 1. The lowest BCUT2D eigenvalue weighted by Crippen LogP contribution is -2.08. The van der Waals surface area contributed by atoms with E-state index in [0.717, 1.165) is 36.3 Å². The zero-order chi connectivity index (χ0) is 20.8. The van der Waals surface area contributed by atoms with Gasteiger partial charge in [-0.2, -0.15) is 0 Å². The maximum absolute atomic E-state index is 12.1. The lowest BCUT2D eigenvalue weighted by molar-refractivity contribution is -0.0127. The molecule has 1 aromatic rings. The minimum absolute atomic E-state index is 0.0296. The van der Waals surface area contributed by atoms with Gasteiger partial charge < -0.3 is 9.47 Å². The van der Waals surface area contributed by atoms with Crippen LogP contribution in [0, 0.1) is 0 Å². The highest BCUT2D eigenvalue weighted by molar-refractivity contribution is 7.99. The quantitative estimate of drug-likeness (QED) is 0.164. The standard InChI is InChI=1S/C24H34O3S/c1-19(2)10-8-11-20(3)12-9-13-21(4)16-17-28-23-15-7-6-14-22(23)24(25)27-18-26-5/h6-7,10,12,14-16H,8-9,11,13,17-18H2,1-5H3. The van der Waals surface area contributed by atoms with Gasteiger partial charge in [-0.3, -0.25) is 0 Å². The van der Waals surface area contributed by atoms with Crippen molar-refractivity contribution in [3.63, 3.8) is 0 Å². The highest BCUT2D eigenvalue weighted by atomic mass is 32.2. The zero-order valence-corrected chi connectivity index (χ0v) is 18.7. The van der Waals surface area contributed by atoms with Crippen LogP contribution < -0.4 is 0 Å². The van der Waals surface area contributed by atoms with Crippen molar-refractivity contribution in [2.24, 2.45) is 0 Å². The molecule has 0 aliphatic rings. The number of methoxy groups -OCH3 is 1. The first kappa shape index (κ1) is 24.3. The van der Waals surface area contributed by atoms with Crippen molar-refractivity contribution in [2.45, 2.75) is 58.3 Å². The van der Waals surface area contributed by atoms with E-state index in [2.05, 4.69) is 45.9 Å². The summed E-state index contributed by atoms with van der Waals surface area (Å²) in [6.07, 6.45) is 11.3. The van der Waals surface area contributed by atoms with Crippen molar-refractivity contribution >= 4 is 17.7 Å². The Balaban J connectivity index is 2.46. The summed E-state index contributed by atoms with van der Waals surface area (Å²) in [5, 5.41) is 0. The number of benzene rings is 1. The van der Waals surface area contributed by atoms with Crippen LogP contribution in [0.1, 0.15) is 63.7 Å². The second kappa shape index (κ2) is 14.3. The predicted molar refractivity (Wildman–Crippen MR) is 120 cm³/mol. The number of carbonyl (C=O) groups excluding carboxylic acids is 1. The van der Waals surface area contributed by atoms with E-state index in [1.165, 1.54) is 23.8 Å². The fourth-order valence-electron chi connectivity index (χ4n) is 2.56. The number of thioether (sulfide) groups is 1. The number of allylic oxidation sites excluding steroid dienone is 5. The molecular formula is C24H34O3S. The Kier molecular flexibility index (Phi) is 12.3. The minimum Gasteiger partial charge on any atom is -0.435 e. The van der Waals surface area contributed by atoms with Crippen molar-refractivity contribution in [3.05, 3.63) is 64.8 Å². The smallest absolute Gasteiger partial charge is 0.341 e. The average Bonchev–Trinajstić information content (AvgIpc) is 2.66.